The molecule has 1 aromatic carbocycles. The van der Waals surface area contributed by atoms with Gasteiger partial charge in [-0.25, -0.2) is 0 Å². The second-order valence-corrected chi connectivity index (χ2v) is 4.30. The van der Waals surface area contributed by atoms with E-state index in [1.165, 1.54) is 0 Å². The van der Waals surface area contributed by atoms with Gasteiger partial charge in [0.25, 0.3) is 0 Å². The summed E-state index contributed by atoms with van der Waals surface area (Å²) in [4.78, 5) is 4.43. The average molecular weight is 245 g/mol. The first-order valence-electron chi connectivity index (χ1n) is 6.07. The van der Waals surface area contributed by atoms with Crippen molar-refractivity contribution in [2.24, 2.45) is 0 Å². The molecule has 0 saturated carbocycles. The fourth-order valence-electron chi connectivity index (χ4n) is 2.24. The number of rotatable bonds is 3. The van der Waals surface area contributed by atoms with Crippen LogP contribution in [-0.2, 0) is 6.54 Å². The second-order valence-electron chi connectivity index (χ2n) is 4.30. The third kappa shape index (κ3) is 1.97. The van der Waals surface area contributed by atoms with E-state index in [-0.39, 0.29) is 5.92 Å². The van der Waals surface area contributed by atoms with Crippen molar-refractivity contribution in [1.29, 1.82) is 0 Å². The maximum atomic E-state index is 5.63. The number of fused-ring (bicyclic) bond motifs is 1. The van der Waals surface area contributed by atoms with E-state index in [0.29, 0.717) is 19.0 Å². The van der Waals surface area contributed by atoms with Crippen LogP contribution in [0.15, 0.2) is 28.8 Å². The van der Waals surface area contributed by atoms with Crippen LogP contribution in [0.25, 0.3) is 0 Å². The minimum atomic E-state index is 0.171. The van der Waals surface area contributed by atoms with Crippen LogP contribution in [-0.4, -0.2) is 23.8 Å². The third-order valence-corrected chi connectivity index (χ3v) is 3.08. The van der Waals surface area contributed by atoms with Gasteiger partial charge in [0.15, 0.2) is 5.82 Å². The fraction of sp³-hybridized carbons (Fsp3) is 0.385. The molecule has 2 heterocycles. The number of aromatic nitrogens is 2. The quantitative estimate of drug-likeness (QED) is 0.891. The van der Waals surface area contributed by atoms with Crippen molar-refractivity contribution < 1.29 is 9.26 Å². The van der Waals surface area contributed by atoms with Crippen LogP contribution < -0.4 is 10.1 Å². The smallest absolute Gasteiger partial charge is 0.240 e. The molecule has 0 fully saturated rings. The Kier molecular flexibility index (Phi) is 2.98. The number of para-hydroxylation sites is 1. The van der Waals surface area contributed by atoms with Crippen LogP contribution in [0, 0.1) is 0 Å². The SMILES string of the molecule is CNCc1nc(C2CCOc3ccccc32)no1. The lowest BCUT2D eigenvalue weighted by atomic mass is 9.92. The number of nitrogens with one attached hydrogen (secondary N) is 1. The first-order chi connectivity index (χ1) is 8.88. The van der Waals surface area contributed by atoms with Crippen molar-refractivity contribution in [1.82, 2.24) is 15.5 Å². The van der Waals surface area contributed by atoms with Crippen molar-refractivity contribution >= 4 is 0 Å². The highest BCUT2D eigenvalue weighted by atomic mass is 16.5. The maximum Gasteiger partial charge on any atom is 0.240 e. The Bertz CT molecular complexity index is 539. The Morgan fingerprint density at radius 1 is 1.39 bits per heavy atom. The predicted molar refractivity (Wildman–Crippen MR) is 65.5 cm³/mol. The first-order valence-corrected chi connectivity index (χ1v) is 6.07. The van der Waals surface area contributed by atoms with Gasteiger partial charge in [-0.3, -0.25) is 0 Å². The molecule has 0 amide bonds. The lowest BCUT2D eigenvalue weighted by molar-refractivity contribution is 0.272. The number of hydrogen-bond donors (Lipinski definition) is 1. The highest BCUT2D eigenvalue weighted by molar-refractivity contribution is 5.40. The van der Waals surface area contributed by atoms with E-state index in [2.05, 4.69) is 21.5 Å². The standard InChI is InChI=1S/C13H15N3O2/c1-14-8-12-15-13(16-18-12)10-6-7-17-11-5-3-2-4-9(10)11/h2-5,10,14H,6-8H2,1H3. The fourth-order valence-corrected chi connectivity index (χ4v) is 2.24. The summed E-state index contributed by atoms with van der Waals surface area (Å²) < 4.78 is 10.8. The molecule has 2 aromatic rings. The van der Waals surface area contributed by atoms with Gasteiger partial charge in [0.1, 0.15) is 5.75 Å². The summed E-state index contributed by atoms with van der Waals surface area (Å²) in [6, 6.07) is 8.03. The molecule has 18 heavy (non-hydrogen) atoms. The zero-order valence-electron chi connectivity index (χ0n) is 10.2. The molecule has 1 aliphatic heterocycles. The zero-order valence-corrected chi connectivity index (χ0v) is 10.2. The molecule has 0 bridgehead atoms. The summed E-state index contributed by atoms with van der Waals surface area (Å²) in [6.45, 7) is 1.29. The summed E-state index contributed by atoms with van der Waals surface area (Å²) in [5.74, 6) is 2.46. The van der Waals surface area contributed by atoms with Crippen molar-refractivity contribution in [2.75, 3.05) is 13.7 Å². The molecular weight excluding hydrogens is 230 g/mol. The Hall–Kier alpha value is -1.88. The van der Waals surface area contributed by atoms with E-state index in [9.17, 15) is 0 Å². The molecule has 5 nitrogen and oxygen atoms in total. The minimum absolute atomic E-state index is 0.171. The molecule has 1 aliphatic rings. The van der Waals surface area contributed by atoms with Crippen molar-refractivity contribution in [2.45, 2.75) is 18.9 Å². The molecule has 1 atom stereocenters. The van der Waals surface area contributed by atoms with E-state index in [0.717, 1.165) is 23.6 Å². The number of benzene rings is 1. The summed E-state index contributed by atoms with van der Waals surface area (Å²) in [7, 11) is 1.85. The van der Waals surface area contributed by atoms with E-state index >= 15 is 0 Å². The van der Waals surface area contributed by atoms with Crippen molar-refractivity contribution in [3.8, 4) is 5.75 Å². The van der Waals surface area contributed by atoms with Crippen LogP contribution in [0.1, 0.15) is 29.6 Å². The van der Waals surface area contributed by atoms with Gasteiger partial charge in [-0.15, -0.1) is 0 Å². The van der Waals surface area contributed by atoms with Gasteiger partial charge in [-0.2, -0.15) is 4.98 Å². The zero-order chi connectivity index (χ0) is 12.4. The second kappa shape index (κ2) is 4.78. The van der Waals surface area contributed by atoms with Gasteiger partial charge in [-0.05, 0) is 19.5 Å². The van der Waals surface area contributed by atoms with Gasteiger partial charge < -0.3 is 14.6 Å². The molecule has 1 N–H and O–H groups in total. The van der Waals surface area contributed by atoms with E-state index < -0.39 is 0 Å². The highest BCUT2D eigenvalue weighted by Gasteiger charge is 2.26. The molecule has 1 aromatic heterocycles. The molecule has 1 unspecified atom stereocenters. The Morgan fingerprint density at radius 3 is 3.17 bits per heavy atom. The lowest BCUT2D eigenvalue weighted by Gasteiger charge is -2.23. The monoisotopic (exact) mass is 245 g/mol. The van der Waals surface area contributed by atoms with Gasteiger partial charge in [-0.1, -0.05) is 23.4 Å². The minimum Gasteiger partial charge on any atom is -0.493 e. The Balaban J connectivity index is 1.92. The van der Waals surface area contributed by atoms with Crippen LogP contribution in [0.3, 0.4) is 0 Å². The van der Waals surface area contributed by atoms with E-state index in [4.69, 9.17) is 9.26 Å². The summed E-state index contributed by atoms with van der Waals surface area (Å²) >= 11 is 0. The Labute approximate surface area is 105 Å². The van der Waals surface area contributed by atoms with Gasteiger partial charge in [0, 0.05) is 5.56 Å². The van der Waals surface area contributed by atoms with Gasteiger partial charge in [0.2, 0.25) is 5.89 Å². The summed E-state index contributed by atoms with van der Waals surface area (Å²) in [5, 5.41) is 7.07. The molecule has 94 valence electrons. The molecule has 0 aliphatic carbocycles. The molecule has 0 saturated heterocycles. The van der Waals surface area contributed by atoms with E-state index in [1.54, 1.807) is 0 Å². The van der Waals surface area contributed by atoms with Crippen molar-refractivity contribution in [3.05, 3.63) is 41.5 Å². The molecule has 0 spiro atoms. The first kappa shape index (κ1) is 11.2. The van der Waals surface area contributed by atoms with Crippen LogP contribution in [0.4, 0.5) is 0 Å². The predicted octanol–water partition coefficient (Wildman–Crippen LogP) is 1.70. The van der Waals surface area contributed by atoms with Gasteiger partial charge in [0.05, 0.1) is 19.1 Å². The average Bonchev–Trinajstić information content (AvgIpc) is 2.87. The topological polar surface area (TPSA) is 60.2 Å². The Morgan fingerprint density at radius 2 is 2.28 bits per heavy atom. The van der Waals surface area contributed by atoms with Crippen LogP contribution >= 0.6 is 0 Å². The molecule has 0 radical (unpaired) electrons. The number of ether oxygens (including phenoxy) is 1. The summed E-state index contributed by atoms with van der Waals surface area (Å²) in [5.41, 5.74) is 1.14. The normalized spacial score (nSPS) is 18.2. The summed E-state index contributed by atoms with van der Waals surface area (Å²) in [6.07, 6.45) is 0.884. The van der Waals surface area contributed by atoms with E-state index in [1.807, 2.05) is 25.2 Å². The van der Waals surface area contributed by atoms with Crippen molar-refractivity contribution in [3.63, 3.8) is 0 Å². The highest BCUT2D eigenvalue weighted by Crippen LogP contribution is 2.36. The van der Waals surface area contributed by atoms with Crippen LogP contribution in [0.5, 0.6) is 5.75 Å². The largest absolute Gasteiger partial charge is 0.493 e. The molecular formula is C13H15N3O2. The lowest BCUT2D eigenvalue weighted by Crippen LogP contribution is -2.16. The molecule has 3 rings (SSSR count). The number of nitrogens with zero attached hydrogens (tertiary/aromatic N) is 2. The maximum absolute atomic E-state index is 5.63. The van der Waals surface area contributed by atoms with Gasteiger partial charge >= 0.3 is 0 Å². The van der Waals surface area contributed by atoms with Crippen LogP contribution in [0.2, 0.25) is 0 Å². The third-order valence-electron chi connectivity index (χ3n) is 3.08. The number of hydrogen-bond acceptors (Lipinski definition) is 5. The molecule has 5 heteroatoms.